The van der Waals surface area contributed by atoms with E-state index >= 15 is 0 Å². The Morgan fingerprint density at radius 3 is 1.80 bits per heavy atom. The monoisotopic (exact) mass is 724 g/mol. The van der Waals surface area contributed by atoms with Crippen LogP contribution >= 0.6 is 0 Å². The summed E-state index contributed by atoms with van der Waals surface area (Å²) in [5, 5.41) is 2.36. The summed E-state index contributed by atoms with van der Waals surface area (Å²) in [6.45, 7) is 21.0. The molecule has 2 aromatic heterocycles. The molecule has 1 aliphatic rings. The number of hydrogen-bond acceptors (Lipinski definition) is 4. The van der Waals surface area contributed by atoms with E-state index in [0.717, 1.165) is 34.0 Å². The van der Waals surface area contributed by atoms with E-state index in [9.17, 15) is 0 Å². The molecule has 5 aromatic carbocycles. The van der Waals surface area contributed by atoms with Gasteiger partial charge in [-0.15, -0.1) is 0 Å². The zero-order valence-corrected chi connectivity index (χ0v) is 33.7. The normalized spacial score (nSPS) is 13.7. The first-order chi connectivity index (χ1) is 26.1. The molecule has 0 aliphatic carbocycles. The van der Waals surface area contributed by atoms with E-state index in [1.54, 1.807) is 0 Å². The fraction of sp³-hybridized carbons (Fsp3) is 0.260. The number of benzene rings is 5. The highest BCUT2D eigenvalue weighted by atomic mass is 16.5. The lowest BCUT2D eigenvalue weighted by molar-refractivity contribution is 0.479. The van der Waals surface area contributed by atoms with Gasteiger partial charge in [-0.25, -0.2) is 4.98 Å². The predicted molar refractivity (Wildman–Crippen MR) is 232 cm³/mol. The molecular weight excluding hydrogens is 673 g/mol. The summed E-state index contributed by atoms with van der Waals surface area (Å²) in [5.41, 5.74) is 10.6. The van der Waals surface area contributed by atoms with Gasteiger partial charge in [-0.05, 0) is 98.7 Å². The Labute approximate surface area is 326 Å². The Balaban J connectivity index is 1.15. The van der Waals surface area contributed by atoms with Crippen molar-refractivity contribution in [3.05, 3.63) is 157 Å². The largest absolute Gasteiger partial charge is 0.457 e. The van der Waals surface area contributed by atoms with Crippen molar-refractivity contribution >= 4 is 33.2 Å². The highest BCUT2D eigenvalue weighted by Gasteiger charge is 2.24. The molecule has 0 saturated carbocycles. The molecule has 3 heterocycles. The minimum Gasteiger partial charge on any atom is -0.457 e. The minimum absolute atomic E-state index is 0.00360. The van der Waals surface area contributed by atoms with Gasteiger partial charge in [-0.2, -0.15) is 0 Å². The SMILES string of the molecule is CC(C)(C)c1cc(Oc2ccc3c4ccccc4n(-c4cc(C(C)(C)C)ccn4)c3c2)cc(N2C=CN(c3cc(-c4ccccc4)cc(C(C)(C)C)c3)C2)c1. The number of pyridine rings is 1. The van der Waals surface area contributed by atoms with Crippen molar-refractivity contribution in [3.8, 4) is 28.4 Å². The van der Waals surface area contributed by atoms with Crippen LogP contribution in [0.15, 0.2) is 140 Å². The van der Waals surface area contributed by atoms with Crippen molar-refractivity contribution in [1.82, 2.24) is 9.55 Å². The molecule has 5 nitrogen and oxygen atoms in total. The van der Waals surface area contributed by atoms with Crippen LogP contribution in [0.1, 0.15) is 79.0 Å². The Bertz CT molecular complexity index is 2560. The lowest BCUT2D eigenvalue weighted by Gasteiger charge is -2.27. The molecule has 0 spiro atoms. The molecular formula is C50H52N4O. The number of nitrogens with zero attached hydrogens (tertiary/aromatic N) is 4. The van der Waals surface area contributed by atoms with Crippen LogP contribution < -0.4 is 14.5 Å². The molecule has 278 valence electrons. The van der Waals surface area contributed by atoms with Gasteiger partial charge in [-0.1, -0.05) is 117 Å². The van der Waals surface area contributed by atoms with Crippen LogP contribution in [0.4, 0.5) is 11.4 Å². The van der Waals surface area contributed by atoms with E-state index in [1.165, 1.54) is 44.3 Å². The fourth-order valence-electron chi connectivity index (χ4n) is 7.41. The van der Waals surface area contributed by atoms with E-state index in [1.807, 2.05) is 6.20 Å². The second-order valence-corrected chi connectivity index (χ2v) is 18.0. The molecule has 0 atom stereocenters. The van der Waals surface area contributed by atoms with E-state index in [4.69, 9.17) is 9.72 Å². The van der Waals surface area contributed by atoms with Crippen LogP contribution in [0.5, 0.6) is 11.5 Å². The Morgan fingerprint density at radius 1 is 0.491 bits per heavy atom. The fourth-order valence-corrected chi connectivity index (χ4v) is 7.41. The molecule has 7 aromatic rings. The van der Waals surface area contributed by atoms with Gasteiger partial charge < -0.3 is 14.5 Å². The van der Waals surface area contributed by atoms with Crippen molar-refractivity contribution in [2.24, 2.45) is 0 Å². The molecule has 1 aliphatic heterocycles. The number of para-hydroxylation sites is 1. The Kier molecular flexibility index (Phi) is 8.87. The van der Waals surface area contributed by atoms with Crippen LogP contribution in [-0.4, -0.2) is 16.2 Å². The second-order valence-electron chi connectivity index (χ2n) is 18.0. The topological polar surface area (TPSA) is 33.5 Å². The Hall–Kier alpha value is -5.81. The maximum atomic E-state index is 6.82. The van der Waals surface area contributed by atoms with Crippen LogP contribution in [0.3, 0.4) is 0 Å². The summed E-state index contributed by atoms with van der Waals surface area (Å²) in [7, 11) is 0. The van der Waals surface area contributed by atoms with Crippen molar-refractivity contribution < 1.29 is 4.74 Å². The standard InChI is InChI=1S/C50H52N4O/c1-48(2,3)36-21-22-51-47(30-36)54-45-18-14-13-17-43(45)44-20-19-41(32-46(44)54)55-42-29-38(50(7,8)9)28-40(31-42)53-24-23-52(33-53)39-26-35(34-15-11-10-12-16-34)25-37(27-39)49(4,5)6/h10-32H,33H2,1-9H3. The van der Waals surface area contributed by atoms with Crippen molar-refractivity contribution in [2.45, 2.75) is 78.6 Å². The first-order valence-corrected chi connectivity index (χ1v) is 19.4. The maximum Gasteiger partial charge on any atom is 0.137 e. The minimum atomic E-state index is -0.0804. The molecule has 0 unspecified atom stereocenters. The quantitative estimate of drug-likeness (QED) is 0.171. The highest BCUT2D eigenvalue weighted by molar-refractivity contribution is 6.09. The second kappa shape index (κ2) is 13.5. The first-order valence-electron chi connectivity index (χ1n) is 19.4. The zero-order chi connectivity index (χ0) is 38.7. The summed E-state index contributed by atoms with van der Waals surface area (Å²) >= 11 is 0. The molecule has 55 heavy (non-hydrogen) atoms. The first kappa shape index (κ1) is 36.2. The van der Waals surface area contributed by atoms with E-state index in [2.05, 4.69) is 210 Å². The number of aromatic nitrogens is 2. The van der Waals surface area contributed by atoms with Crippen LogP contribution in [-0.2, 0) is 16.2 Å². The van der Waals surface area contributed by atoms with Crippen molar-refractivity contribution in [2.75, 3.05) is 16.5 Å². The third kappa shape index (κ3) is 7.24. The zero-order valence-electron chi connectivity index (χ0n) is 33.7. The van der Waals surface area contributed by atoms with Crippen LogP contribution in [0, 0.1) is 0 Å². The number of rotatable bonds is 6. The molecule has 0 N–H and O–H groups in total. The molecule has 8 rings (SSSR count). The summed E-state index contributed by atoms with van der Waals surface area (Å²) in [6.07, 6.45) is 6.30. The number of anilines is 2. The summed E-state index contributed by atoms with van der Waals surface area (Å²) in [6, 6.07) is 43.6. The average Bonchev–Trinajstić information content (AvgIpc) is 3.78. The number of hydrogen-bond donors (Lipinski definition) is 0. The third-order valence-electron chi connectivity index (χ3n) is 10.8. The lowest BCUT2D eigenvalue weighted by atomic mass is 9.85. The summed E-state index contributed by atoms with van der Waals surface area (Å²) in [4.78, 5) is 9.52. The molecule has 0 amide bonds. The summed E-state index contributed by atoms with van der Waals surface area (Å²) < 4.78 is 9.09. The van der Waals surface area contributed by atoms with Gasteiger partial charge in [0.25, 0.3) is 0 Å². The van der Waals surface area contributed by atoms with Gasteiger partial charge in [0.05, 0.1) is 17.7 Å². The summed E-state index contributed by atoms with van der Waals surface area (Å²) in [5.74, 6) is 2.50. The Morgan fingerprint density at radius 2 is 1.11 bits per heavy atom. The van der Waals surface area contributed by atoms with Gasteiger partial charge in [-0.3, -0.25) is 4.57 Å². The van der Waals surface area contributed by atoms with Gasteiger partial charge in [0.15, 0.2) is 0 Å². The van der Waals surface area contributed by atoms with Crippen molar-refractivity contribution in [1.29, 1.82) is 0 Å². The van der Waals surface area contributed by atoms with Gasteiger partial charge in [0, 0.05) is 52.9 Å². The van der Waals surface area contributed by atoms with Gasteiger partial charge >= 0.3 is 0 Å². The lowest BCUT2D eigenvalue weighted by Crippen LogP contribution is -2.25. The predicted octanol–water partition coefficient (Wildman–Crippen LogP) is 13.3. The third-order valence-corrected chi connectivity index (χ3v) is 10.8. The van der Waals surface area contributed by atoms with E-state index in [-0.39, 0.29) is 16.2 Å². The van der Waals surface area contributed by atoms with Crippen LogP contribution in [0.2, 0.25) is 0 Å². The highest BCUT2D eigenvalue weighted by Crippen LogP contribution is 2.40. The molecule has 0 bridgehead atoms. The number of fused-ring (bicyclic) bond motifs is 3. The van der Waals surface area contributed by atoms with Crippen molar-refractivity contribution in [3.63, 3.8) is 0 Å². The molecule has 0 radical (unpaired) electrons. The van der Waals surface area contributed by atoms with Crippen LogP contribution in [0.25, 0.3) is 38.8 Å². The molecule has 0 saturated heterocycles. The molecule has 5 heteroatoms. The average molecular weight is 725 g/mol. The van der Waals surface area contributed by atoms with Gasteiger partial charge in [0.1, 0.15) is 17.3 Å². The maximum absolute atomic E-state index is 6.82. The smallest absolute Gasteiger partial charge is 0.137 e. The van der Waals surface area contributed by atoms with Gasteiger partial charge in [0.2, 0.25) is 0 Å². The van der Waals surface area contributed by atoms with E-state index < -0.39 is 0 Å². The number of ether oxygens (including phenoxy) is 1. The van der Waals surface area contributed by atoms with E-state index in [0.29, 0.717) is 6.67 Å². The molecule has 0 fully saturated rings.